The number of aliphatic carboxylic acids is 1. The van der Waals surface area contributed by atoms with Crippen LogP contribution in [-0.2, 0) is 19.2 Å². The van der Waals surface area contributed by atoms with E-state index in [4.69, 9.17) is 5.11 Å². The van der Waals surface area contributed by atoms with Gasteiger partial charge in [0.15, 0.2) is 5.78 Å². The van der Waals surface area contributed by atoms with Crippen LogP contribution in [0.5, 0.6) is 0 Å². The Morgan fingerprint density at radius 3 is 2.10 bits per heavy atom. The Morgan fingerprint density at radius 1 is 1.10 bits per heavy atom. The van der Waals surface area contributed by atoms with E-state index >= 15 is 0 Å². The van der Waals surface area contributed by atoms with E-state index in [1.165, 1.54) is 14.0 Å². The number of carbonyl (C=O) groups excluding carboxylic acids is 3. The minimum Gasteiger partial charge on any atom is -0.481 e. The summed E-state index contributed by atoms with van der Waals surface area (Å²) >= 11 is 0. The van der Waals surface area contributed by atoms with Gasteiger partial charge in [-0.1, -0.05) is 0 Å². The molecule has 8 heteroatoms. The van der Waals surface area contributed by atoms with Crippen molar-refractivity contribution in [1.29, 1.82) is 0 Å². The van der Waals surface area contributed by atoms with Gasteiger partial charge in [-0.05, 0) is 20.9 Å². The molecule has 0 fully saturated rings. The van der Waals surface area contributed by atoms with Gasteiger partial charge in [0.1, 0.15) is 0 Å². The second kappa shape index (κ2) is 9.03. The Bertz CT molecular complexity index is 383. The third-order valence-corrected chi connectivity index (χ3v) is 2.61. The molecule has 2 atom stereocenters. The average molecular weight is 287 g/mol. The van der Waals surface area contributed by atoms with Gasteiger partial charge in [-0.3, -0.25) is 19.2 Å². The number of carboxylic acids is 1. The first-order valence-corrected chi connectivity index (χ1v) is 6.28. The number of hydrogen-bond donors (Lipinski definition) is 4. The highest BCUT2D eigenvalue weighted by Gasteiger charge is 2.25. The Balaban J connectivity index is 4.64. The molecule has 0 saturated carbocycles. The Kier molecular flexibility index (Phi) is 8.14. The monoisotopic (exact) mass is 287 g/mol. The molecule has 0 spiro atoms. The van der Waals surface area contributed by atoms with E-state index < -0.39 is 30.4 Å². The first kappa shape index (κ1) is 18.0. The Morgan fingerprint density at radius 2 is 1.70 bits per heavy atom. The van der Waals surface area contributed by atoms with E-state index in [1.807, 2.05) is 0 Å². The van der Waals surface area contributed by atoms with Gasteiger partial charge in [-0.25, -0.2) is 0 Å². The molecule has 0 aromatic heterocycles. The van der Waals surface area contributed by atoms with Gasteiger partial charge < -0.3 is 21.1 Å². The van der Waals surface area contributed by atoms with E-state index in [2.05, 4.69) is 16.0 Å². The molecule has 114 valence electrons. The zero-order valence-corrected chi connectivity index (χ0v) is 11.9. The zero-order chi connectivity index (χ0) is 15.7. The fourth-order valence-electron chi connectivity index (χ4n) is 1.52. The molecule has 0 aromatic rings. The third kappa shape index (κ3) is 6.83. The number of rotatable bonds is 9. The van der Waals surface area contributed by atoms with Crippen molar-refractivity contribution in [2.45, 2.75) is 38.8 Å². The van der Waals surface area contributed by atoms with Gasteiger partial charge in [-0.15, -0.1) is 0 Å². The number of amides is 2. The molecule has 0 heterocycles. The highest BCUT2D eigenvalue weighted by atomic mass is 16.4. The second-order valence-electron chi connectivity index (χ2n) is 4.27. The molecule has 0 aromatic carbocycles. The maximum absolute atomic E-state index is 11.8. The van der Waals surface area contributed by atoms with Crippen molar-refractivity contribution in [3.05, 3.63) is 0 Å². The molecule has 0 bridgehead atoms. The van der Waals surface area contributed by atoms with Gasteiger partial charge in [0.25, 0.3) is 0 Å². The normalized spacial score (nSPS) is 13.2. The number of ketones is 1. The lowest BCUT2D eigenvalue weighted by Crippen LogP contribution is -2.51. The fourth-order valence-corrected chi connectivity index (χ4v) is 1.52. The number of carbonyl (C=O) groups is 4. The smallest absolute Gasteiger partial charge is 0.305 e. The molecule has 0 rings (SSSR count). The summed E-state index contributed by atoms with van der Waals surface area (Å²) in [4.78, 5) is 45.3. The van der Waals surface area contributed by atoms with Crippen molar-refractivity contribution in [2.24, 2.45) is 0 Å². The molecule has 8 nitrogen and oxygen atoms in total. The van der Waals surface area contributed by atoms with Gasteiger partial charge in [0, 0.05) is 6.54 Å². The minimum absolute atomic E-state index is 0.168. The molecule has 0 aliphatic carbocycles. The first-order chi connectivity index (χ1) is 9.31. The molecule has 2 unspecified atom stereocenters. The number of Topliss-reactive ketones (excluding diaryl/α,β-unsaturated/α-hetero) is 1. The highest BCUT2D eigenvalue weighted by Crippen LogP contribution is 1.98. The van der Waals surface area contributed by atoms with Crippen molar-refractivity contribution >= 4 is 23.6 Å². The first-order valence-electron chi connectivity index (χ1n) is 6.28. The van der Waals surface area contributed by atoms with E-state index in [9.17, 15) is 19.2 Å². The molecule has 20 heavy (non-hydrogen) atoms. The lowest BCUT2D eigenvalue weighted by molar-refractivity contribution is -0.140. The largest absolute Gasteiger partial charge is 0.481 e. The quantitative estimate of drug-likeness (QED) is 0.415. The summed E-state index contributed by atoms with van der Waals surface area (Å²) in [6, 6.07) is -1.91. The van der Waals surface area contributed by atoms with Gasteiger partial charge in [0.05, 0.1) is 24.9 Å². The topological polar surface area (TPSA) is 125 Å². The summed E-state index contributed by atoms with van der Waals surface area (Å²) in [5.74, 6) is -2.48. The number of carboxylic acid groups (broad SMARTS) is 1. The maximum Gasteiger partial charge on any atom is 0.305 e. The standard InChI is InChI=1S/C12H21N3O5/c1-4-14-10(17)5-8(7(2)16)15-12(20)9(13-3)6-11(18)19/h8-9,13H,4-6H2,1-3H3,(H,14,17)(H,15,20)(H,18,19). The summed E-state index contributed by atoms with van der Waals surface area (Å²) in [5, 5.41) is 16.1. The molecule has 2 amide bonds. The van der Waals surface area contributed by atoms with E-state index in [-0.39, 0.29) is 18.1 Å². The molecule has 4 N–H and O–H groups in total. The van der Waals surface area contributed by atoms with Crippen molar-refractivity contribution in [1.82, 2.24) is 16.0 Å². The predicted molar refractivity (Wildman–Crippen MR) is 71.0 cm³/mol. The number of likely N-dealkylation sites (N-methyl/N-ethyl adjacent to an activating group) is 1. The third-order valence-electron chi connectivity index (χ3n) is 2.61. The van der Waals surface area contributed by atoms with Crippen molar-refractivity contribution in [2.75, 3.05) is 13.6 Å². The van der Waals surface area contributed by atoms with Crippen molar-refractivity contribution < 1.29 is 24.3 Å². The highest BCUT2D eigenvalue weighted by molar-refractivity contribution is 5.94. The van der Waals surface area contributed by atoms with Crippen LogP contribution in [0.2, 0.25) is 0 Å². The van der Waals surface area contributed by atoms with E-state index in [1.54, 1.807) is 6.92 Å². The molecule has 0 saturated heterocycles. The summed E-state index contributed by atoms with van der Waals surface area (Å²) in [6.45, 7) is 3.43. The van der Waals surface area contributed by atoms with Crippen LogP contribution in [0.25, 0.3) is 0 Å². The predicted octanol–water partition coefficient (Wildman–Crippen LogP) is -1.35. The van der Waals surface area contributed by atoms with Crippen molar-refractivity contribution in [3.8, 4) is 0 Å². The van der Waals surface area contributed by atoms with Crippen LogP contribution in [-0.4, -0.2) is 54.3 Å². The zero-order valence-electron chi connectivity index (χ0n) is 11.9. The van der Waals surface area contributed by atoms with Crippen LogP contribution in [0, 0.1) is 0 Å². The van der Waals surface area contributed by atoms with Crippen LogP contribution in [0.4, 0.5) is 0 Å². The maximum atomic E-state index is 11.8. The second-order valence-corrected chi connectivity index (χ2v) is 4.27. The SMILES string of the molecule is CCNC(=O)CC(NC(=O)C(CC(=O)O)NC)C(C)=O. The summed E-state index contributed by atoms with van der Waals surface area (Å²) < 4.78 is 0. The minimum atomic E-state index is -1.14. The van der Waals surface area contributed by atoms with Crippen LogP contribution < -0.4 is 16.0 Å². The number of hydrogen-bond acceptors (Lipinski definition) is 5. The summed E-state index contributed by atoms with van der Waals surface area (Å²) in [7, 11) is 1.44. The Hall–Kier alpha value is -1.96. The van der Waals surface area contributed by atoms with E-state index in [0.29, 0.717) is 6.54 Å². The molecular formula is C12H21N3O5. The van der Waals surface area contributed by atoms with Crippen LogP contribution in [0.3, 0.4) is 0 Å². The van der Waals surface area contributed by atoms with Crippen molar-refractivity contribution in [3.63, 3.8) is 0 Å². The molecule has 0 aliphatic rings. The molecule has 0 radical (unpaired) electrons. The Labute approximate surface area is 117 Å². The fraction of sp³-hybridized carbons (Fsp3) is 0.667. The van der Waals surface area contributed by atoms with Gasteiger partial charge >= 0.3 is 5.97 Å². The van der Waals surface area contributed by atoms with Gasteiger partial charge in [-0.2, -0.15) is 0 Å². The van der Waals surface area contributed by atoms with Crippen LogP contribution in [0.1, 0.15) is 26.7 Å². The van der Waals surface area contributed by atoms with Crippen LogP contribution >= 0.6 is 0 Å². The summed E-state index contributed by atoms with van der Waals surface area (Å²) in [6.07, 6.45) is -0.577. The van der Waals surface area contributed by atoms with Gasteiger partial charge in [0.2, 0.25) is 11.8 Å². The van der Waals surface area contributed by atoms with E-state index in [0.717, 1.165) is 0 Å². The van der Waals surface area contributed by atoms with Crippen LogP contribution in [0.15, 0.2) is 0 Å². The molecular weight excluding hydrogens is 266 g/mol. The molecule has 0 aliphatic heterocycles. The number of nitrogens with one attached hydrogen (secondary N) is 3. The lowest BCUT2D eigenvalue weighted by atomic mass is 10.1. The lowest BCUT2D eigenvalue weighted by Gasteiger charge is -2.19. The average Bonchev–Trinajstić information content (AvgIpc) is 2.34. The summed E-state index contributed by atoms with van der Waals surface area (Å²) in [5.41, 5.74) is 0.